The van der Waals surface area contributed by atoms with Crippen LogP contribution in [-0.2, 0) is 16.4 Å². The number of methoxy groups -OCH3 is 1. The third kappa shape index (κ3) is 5.08. The summed E-state index contributed by atoms with van der Waals surface area (Å²) in [5.41, 5.74) is 0.171. The van der Waals surface area contributed by atoms with Crippen LogP contribution in [-0.4, -0.2) is 55.5 Å². The van der Waals surface area contributed by atoms with Crippen LogP contribution >= 0.6 is 0 Å². The van der Waals surface area contributed by atoms with E-state index in [0.717, 1.165) is 0 Å². The molecule has 2 aromatic rings. The van der Waals surface area contributed by atoms with Crippen molar-refractivity contribution in [1.29, 1.82) is 0 Å². The minimum Gasteiger partial charge on any atom is -0.496 e. The van der Waals surface area contributed by atoms with Gasteiger partial charge in [0.15, 0.2) is 5.82 Å². The lowest BCUT2D eigenvalue weighted by molar-refractivity contribution is 0.0949. The molecule has 1 aromatic heterocycles. The number of carbonyl (C=O) groups is 1. The fourth-order valence-electron chi connectivity index (χ4n) is 2.72. The van der Waals surface area contributed by atoms with Gasteiger partial charge < -0.3 is 14.6 Å². The first-order valence-corrected chi connectivity index (χ1v) is 10.5. The first-order valence-electron chi connectivity index (χ1n) is 9.09. The Hall–Kier alpha value is -2.46. The smallest absolute Gasteiger partial charge is 0.255 e. The monoisotopic (exact) mass is 410 g/mol. The highest BCUT2D eigenvalue weighted by molar-refractivity contribution is 7.89. The standard InChI is InChI=1S/C18H26N4O5S/c1-5-22(6-2)28(24,25)14-9-10-16(26-4)15(12-14)18(23)19-11-7-8-17-20-13(3)21-27-17/h9-10,12H,5-8,11H2,1-4H3,(H,19,23). The van der Waals surface area contributed by atoms with Gasteiger partial charge in [0.2, 0.25) is 15.9 Å². The Morgan fingerprint density at radius 3 is 2.57 bits per heavy atom. The molecule has 1 N–H and O–H groups in total. The summed E-state index contributed by atoms with van der Waals surface area (Å²) >= 11 is 0. The van der Waals surface area contributed by atoms with Crippen molar-refractivity contribution in [3.05, 3.63) is 35.5 Å². The summed E-state index contributed by atoms with van der Waals surface area (Å²) in [6.45, 7) is 6.34. The number of hydrogen-bond acceptors (Lipinski definition) is 7. The number of nitrogens with zero attached hydrogens (tertiary/aromatic N) is 3. The first kappa shape index (κ1) is 21.8. The molecule has 0 aliphatic heterocycles. The zero-order valence-electron chi connectivity index (χ0n) is 16.6. The summed E-state index contributed by atoms with van der Waals surface area (Å²) in [6, 6.07) is 4.29. The van der Waals surface area contributed by atoms with E-state index in [1.807, 2.05) is 0 Å². The summed E-state index contributed by atoms with van der Waals surface area (Å²) in [5, 5.41) is 6.48. The van der Waals surface area contributed by atoms with E-state index in [-0.39, 0.29) is 10.5 Å². The van der Waals surface area contributed by atoms with Crippen molar-refractivity contribution in [2.45, 2.75) is 38.5 Å². The molecule has 0 saturated carbocycles. The van der Waals surface area contributed by atoms with Crippen LogP contribution in [0, 0.1) is 6.92 Å². The lowest BCUT2D eigenvalue weighted by Crippen LogP contribution is -2.31. The van der Waals surface area contributed by atoms with E-state index >= 15 is 0 Å². The van der Waals surface area contributed by atoms with Gasteiger partial charge in [-0.15, -0.1) is 0 Å². The molecule has 0 fully saturated rings. The largest absolute Gasteiger partial charge is 0.496 e. The number of sulfonamides is 1. The number of aryl methyl sites for hydroxylation is 2. The molecule has 0 aliphatic carbocycles. The Morgan fingerprint density at radius 1 is 1.29 bits per heavy atom. The second-order valence-corrected chi connectivity index (χ2v) is 7.98. The minimum absolute atomic E-state index is 0.0588. The van der Waals surface area contributed by atoms with Crippen LogP contribution < -0.4 is 10.1 Å². The number of rotatable bonds is 10. The molecule has 1 amide bonds. The van der Waals surface area contributed by atoms with E-state index in [0.29, 0.717) is 49.9 Å². The molecule has 0 unspecified atom stereocenters. The van der Waals surface area contributed by atoms with Gasteiger partial charge in [-0.05, 0) is 31.5 Å². The molecule has 154 valence electrons. The topological polar surface area (TPSA) is 115 Å². The summed E-state index contributed by atoms with van der Waals surface area (Å²) < 4.78 is 37.0. The number of carbonyl (C=O) groups excluding carboxylic acids is 1. The highest BCUT2D eigenvalue weighted by atomic mass is 32.2. The average molecular weight is 410 g/mol. The molecule has 0 saturated heterocycles. The number of nitrogens with one attached hydrogen (secondary N) is 1. The van der Waals surface area contributed by atoms with E-state index in [1.54, 1.807) is 20.8 Å². The minimum atomic E-state index is -3.67. The Labute approximate surface area is 165 Å². The Bertz CT molecular complexity index is 906. The van der Waals surface area contributed by atoms with Crippen LogP contribution in [0.1, 0.15) is 42.3 Å². The van der Waals surface area contributed by atoms with Gasteiger partial charge in [-0.1, -0.05) is 19.0 Å². The van der Waals surface area contributed by atoms with Gasteiger partial charge in [0, 0.05) is 26.1 Å². The molecule has 9 nitrogen and oxygen atoms in total. The van der Waals surface area contributed by atoms with Crippen LogP contribution in [0.5, 0.6) is 5.75 Å². The summed E-state index contributed by atoms with van der Waals surface area (Å²) in [5.74, 6) is 0.977. The van der Waals surface area contributed by atoms with Crippen molar-refractivity contribution < 1.29 is 22.5 Å². The molecule has 1 aromatic carbocycles. The van der Waals surface area contributed by atoms with Gasteiger partial charge in [-0.25, -0.2) is 8.42 Å². The van der Waals surface area contributed by atoms with Crippen molar-refractivity contribution in [2.75, 3.05) is 26.7 Å². The van der Waals surface area contributed by atoms with E-state index in [9.17, 15) is 13.2 Å². The fraction of sp³-hybridized carbons (Fsp3) is 0.500. The van der Waals surface area contributed by atoms with Gasteiger partial charge in [0.05, 0.1) is 17.6 Å². The lowest BCUT2D eigenvalue weighted by atomic mass is 10.2. The average Bonchev–Trinajstić information content (AvgIpc) is 3.10. The summed E-state index contributed by atoms with van der Waals surface area (Å²) in [7, 11) is -2.24. The molecule has 0 radical (unpaired) electrons. The van der Waals surface area contributed by atoms with Crippen LogP contribution in [0.15, 0.2) is 27.6 Å². The molecule has 0 bridgehead atoms. The summed E-state index contributed by atoms with van der Waals surface area (Å²) in [6.07, 6.45) is 1.14. The van der Waals surface area contributed by atoms with E-state index in [1.165, 1.54) is 29.6 Å². The van der Waals surface area contributed by atoms with Crippen LogP contribution in [0.2, 0.25) is 0 Å². The third-order valence-corrected chi connectivity index (χ3v) is 6.23. The molecule has 2 rings (SSSR count). The van der Waals surface area contributed by atoms with Crippen LogP contribution in [0.25, 0.3) is 0 Å². The predicted molar refractivity (Wildman–Crippen MR) is 103 cm³/mol. The normalized spacial score (nSPS) is 11.6. The Kier molecular flexibility index (Phi) is 7.53. The van der Waals surface area contributed by atoms with Gasteiger partial charge >= 0.3 is 0 Å². The van der Waals surface area contributed by atoms with Crippen molar-refractivity contribution in [3.63, 3.8) is 0 Å². The second kappa shape index (κ2) is 9.65. The third-order valence-electron chi connectivity index (χ3n) is 4.18. The lowest BCUT2D eigenvalue weighted by Gasteiger charge is -2.19. The van der Waals surface area contributed by atoms with Crippen molar-refractivity contribution in [3.8, 4) is 5.75 Å². The van der Waals surface area contributed by atoms with Crippen molar-refractivity contribution in [2.24, 2.45) is 0 Å². The zero-order chi connectivity index (χ0) is 20.7. The maximum Gasteiger partial charge on any atom is 0.255 e. The maximum atomic E-state index is 12.7. The number of benzene rings is 1. The van der Waals surface area contributed by atoms with Crippen molar-refractivity contribution >= 4 is 15.9 Å². The predicted octanol–water partition coefficient (Wildman–Crippen LogP) is 1.78. The van der Waals surface area contributed by atoms with Crippen molar-refractivity contribution in [1.82, 2.24) is 19.8 Å². The van der Waals surface area contributed by atoms with Crippen LogP contribution in [0.3, 0.4) is 0 Å². The molecular formula is C18H26N4O5S. The molecule has 0 spiro atoms. The van der Waals surface area contributed by atoms with E-state index in [4.69, 9.17) is 9.26 Å². The molecular weight excluding hydrogens is 384 g/mol. The quantitative estimate of drug-likeness (QED) is 0.594. The molecule has 28 heavy (non-hydrogen) atoms. The zero-order valence-corrected chi connectivity index (χ0v) is 17.4. The summed E-state index contributed by atoms with van der Waals surface area (Å²) in [4.78, 5) is 16.7. The first-order chi connectivity index (χ1) is 13.3. The Morgan fingerprint density at radius 2 is 2.00 bits per heavy atom. The molecule has 10 heteroatoms. The van der Waals surface area contributed by atoms with Crippen LogP contribution in [0.4, 0.5) is 0 Å². The highest BCUT2D eigenvalue weighted by Gasteiger charge is 2.24. The Balaban J connectivity index is 2.10. The SMILES string of the molecule is CCN(CC)S(=O)(=O)c1ccc(OC)c(C(=O)NCCCc2nc(C)no2)c1. The fourth-order valence-corrected chi connectivity index (χ4v) is 4.20. The number of aromatic nitrogens is 2. The number of amides is 1. The van der Waals surface area contributed by atoms with Gasteiger partial charge in [-0.3, -0.25) is 4.79 Å². The molecule has 0 atom stereocenters. The van der Waals surface area contributed by atoms with Gasteiger partial charge in [0.1, 0.15) is 5.75 Å². The maximum absolute atomic E-state index is 12.7. The van der Waals surface area contributed by atoms with Gasteiger partial charge in [0.25, 0.3) is 5.91 Å². The number of hydrogen-bond donors (Lipinski definition) is 1. The second-order valence-electron chi connectivity index (χ2n) is 6.05. The highest BCUT2D eigenvalue weighted by Crippen LogP contribution is 2.24. The van der Waals surface area contributed by atoms with Gasteiger partial charge in [-0.2, -0.15) is 9.29 Å². The molecule has 0 aliphatic rings. The molecule has 1 heterocycles. The van der Waals surface area contributed by atoms with E-state index in [2.05, 4.69) is 15.5 Å². The van der Waals surface area contributed by atoms with E-state index < -0.39 is 15.9 Å². The number of ether oxygens (including phenoxy) is 1.